The van der Waals surface area contributed by atoms with E-state index in [-0.39, 0.29) is 30.2 Å². The van der Waals surface area contributed by atoms with Crippen LogP contribution in [0.5, 0.6) is 5.75 Å². The van der Waals surface area contributed by atoms with Crippen LogP contribution in [0.25, 0.3) is 0 Å². The Labute approximate surface area is 121 Å². The van der Waals surface area contributed by atoms with Crippen molar-refractivity contribution < 1.29 is 19.8 Å². The summed E-state index contributed by atoms with van der Waals surface area (Å²) in [7, 11) is 0. The van der Waals surface area contributed by atoms with Crippen LogP contribution in [0.4, 0.5) is 0 Å². The molecule has 0 spiro atoms. The fourth-order valence-electron chi connectivity index (χ4n) is 1.93. The number of phenolic OH excluding ortho intramolecular Hbond substituents is 1. The molecule has 0 unspecified atom stereocenters. The number of aromatic hydroxyl groups is 1. The van der Waals surface area contributed by atoms with E-state index in [0.29, 0.717) is 5.56 Å². The first-order valence-corrected chi connectivity index (χ1v) is 6.41. The van der Waals surface area contributed by atoms with Gasteiger partial charge in [-0.2, -0.15) is 0 Å². The number of benzene rings is 2. The van der Waals surface area contributed by atoms with Gasteiger partial charge < -0.3 is 15.5 Å². The van der Waals surface area contributed by atoms with Gasteiger partial charge in [-0.15, -0.1) is 0 Å². The Morgan fingerprint density at radius 1 is 1.00 bits per heavy atom. The van der Waals surface area contributed by atoms with Crippen LogP contribution in [0.1, 0.15) is 21.5 Å². The van der Waals surface area contributed by atoms with E-state index in [1.54, 1.807) is 30.3 Å². The SMILES string of the molecule is O=C(Cc1cccc(O)c1)NCc1cccc(C(=O)O)c1. The smallest absolute Gasteiger partial charge is 0.335 e. The van der Waals surface area contributed by atoms with Gasteiger partial charge in [-0.25, -0.2) is 4.79 Å². The second kappa shape index (κ2) is 6.56. The summed E-state index contributed by atoms with van der Waals surface area (Å²) in [5, 5.41) is 20.9. The summed E-state index contributed by atoms with van der Waals surface area (Å²) in [5.41, 5.74) is 1.63. The third-order valence-electron chi connectivity index (χ3n) is 2.94. The van der Waals surface area contributed by atoms with Crippen molar-refractivity contribution in [1.29, 1.82) is 0 Å². The van der Waals surface area contributed by atoms with Gasteiger partial charge in [0.25, 0.3) is 0 Å². The van der Waals surface area contributed by atoms with Gasteiger partial charge in [0, 0.05) is 6.54 Å². The molecular formula is C16H15NO4. The third-order valence-corrected chi connectivity index (χ3v) is 2.94. The highest BCUT2D eigenvalue weighted by Gasteiger charge is 2.06. The molecule has 0 fully saturated rings. The summed E-state index contributed by atoms with van der Waals surface area (Å²) in [5.74, 6) is -1.07. The van der Waals surface area contributed by atoms with Gasteiger partial charge in [-0.3, -0.25) is 4.79 Å². The molecule has 0 aromatic heterocycles. The van der Waals surface area contributed by atoms with Gasteiger partial charge in [0.1, 0.15) is 5.75 Å². The topological polar surface area (TPSA) is 86.6 Å². The number of carboxylic acids is 1. The molecule has 0 saturated heterocycles. The molecule has 0 aliphatic rings. The lowest BCUT2D eigenvalue weighted by molar-refractivity contribution is -0.120. The number of aromatic carboxylic acids is 1. The summed E-state index contributed by atoms with van der Waals surface area (Å²) in [6.45, 7) is 0.263. The normalized spacial score (nSPS) is 10.1. The number of nitrogens with one attached hydrogen (secondary N) is 1. The second-order valence-electron chi connectivity index (χ2n) is 4.63. The molecule has 0 atom stereocenters. The van der Waals surface area contributed by atoms with Crippen molar-refractivity contribution in [1.82, 2.24) is 5.32 Å². The van der Waals surface area contributed by atoms with Crippen molar-refractivity contribution in [3.05, 3.63) is 65.2 Å². The number of amides is 1. The molecule has 5 nitrogen and oxygen atoms in total. The molecule has 1 amide bonds. The van der Waals surface area contributed by atoms with Crippen molar-refractivity contribution in [2.75, 3.05) is 0 Å². The lowest BCUT2D eigenvalue weighted by Crippen LogP contribution is -2.24. The Kier molecular flexibility index (Phi) is 4.56. The lowest BCUT2D eigenvalue weighted by Gasteiger charge is -2.06. The van der Waals surface area contributed by atoms with Gasteiger partial charge in [0.2, 0.25) is 5.91 Å². The minimum absolute atomic E-state index is 0.120. The molecule has 2 aromatic rings. The van der Waals surface area contributed by atoms with Crippen LogP contribution >= 0.6 is 0 Å². The van der Waals surface area contributed by atoms with Crippen LogP contribution in [0.3, 0.4) is 0 Å². The van der Waals surface area contributed by atoms with Crippen molar-refractivity contribution >= 4 is 11.9 Å². The number of rotatable bonds is 5. The zero-order chi connectivity index (χ0) is 15.2. The predicted octanol–water partition coefficient (Wildman–Crippen LogP) is 1.95. The summed E-state index contributed by atoms with van der Waals surface area (Å²) < 4.78 is 0. The van der Waals surface area contributed by atoms with E-state index < -0.39 is 5.97 Å². The van der Waals surface area contributed by atoms with E-state index in [1.807, 2.05) is 0 Å². The molecule has 5 heteroatoms. The average molecular weight is 285 g/mol. The Hall–Kier alpha value is -2.82. The number of hydrogen-bond acceptors (Lipinski definition) is 3. The van der Waals surface area contributed by atoms with Crippen molar-refractivity contribution in [2.24, 2.45) is 0 Å². The predicted molar refractivity (Wildman–Crippen MR) is 77.1 cm³/mol. The van der Waals surface area contributed by atoms with Gasteiger partial charge >= 0.3 is 5.97 Å². The van der Waals surface area contributed by atoms with Gasteiger partial charge in [0.15, 0.2) is 0 Å². The van der Waals surface area contributed by atoms with E-state index in [2.05, 4.69) is 5.32 Å². The molecule has 3 N–H and O–H groups in total. The van der Waals surface area contributed by atoms with E-state index >= 15 is 0 Å². The molecule has 108 valence electrons. The Morgan fingerprint density at radius 2 is 1.71 bits per heavy atom. The molecule has 2 aromatic carbocycles. The third kappa shape index (κ3) is 4.35. The quantitative estimate of drug-likeness (QED) is 0.783. The molecule has 0 bridgehead atoms. The highest BCUT2D eigenvalue weighted by Crippen LogP contribution is 2.11. The Bertz CT molecular complexity index is 667. The number of phenols is 1. The van der Waals surface area contributed by atoms with Crippen LogP contribution < -0.4 is 5.32 Å². The second-order valence-corrected chi connectivity index (χ2v) is 4.63. The van der Waals surface area contributed by atoms with Gasteiger partial charge in [-0.05, 0) is 35.4 Å². The molecule has 0 saturated carbocycles. The van der Waals surface area contributed by atoms with Crippen molar-refractivity contribution in [3.63, 3.8) is 0 Å². The lowest BCUT2D eigenvalue weighted by atomic mass is 10.1. The molecule has 0 radical (unpaired) electrons. The van der Waals surface area contributed by atoms with E-state index in [9.17, 15) is 14.7 Å². The zero-order valence-corrected chi connectivity index (χ0v) is 11.2. The highest BCUT2D eigenvalue weighted by atomic mass is 16.4. The fourth-order valence-corrected chi connectivity index (χ4v) is 1.93. The number of hydrogen-bond donors (Lipinski definition) is 3. The van der Waals surface area contributed by atoms with Gasteiger partial charge in [0.05, 0.1) is 12.0 Å². The number of carbonyl (C=O) groups excluding carboxylic acids is 1. The maximum atomic E-state index is 11.8. The van der Waals surface area contributed by atoms with E-state index in [4.69, 9.17) is 5.11 Å². The van der Waals surface area contributed by atoms with Gasteiger partial charge in [-0.1, -0.05) is 24.3 Å². The van der Waals surface area contributed by atoms with Crippen LogP contribution in [-0.4, -0.2) is 22.1 Å². The largest absolute Gasteiger partial charge is 0.508 e. The summed E-state index contributed by atoms with van der Waals surface area (Å²) in [6.07, 6.45) is 0.160. The zero-order valence-electron chi connectivity index (χ0n) is 11.2. The first kappa shape index (κ1) is 14.6. The molecule has 21 heavy (non-hydrogen) atoms. The van der Waals surface area contributed by atoms with Crippen LogP contribution in [-0.2, 0) is 17.8 Å². The van der Waals surface area contributed by atoms with E-state index in [1.165, 1.54) is 18.2 Å². The maximum Gasteiger partial charge on any atom is 0.335 e. The Balaban J connectivity index is 1.92. The van der Waals surface area contributed by atoms with Crippen LogP contribution in [0.2, 0.25) is 0 Å². The number of carboxylic acid groups (broad SMARTS) is 1. The first-order valence-electron chi connectivity index (χ1n) is 6.41. The monoisotopic (exact) mass is 285 g/mol. The number of carbonyl (C=O) groups is 2. The van der Waals surface area contributed by atoms with E-state index in [0.717, 1.165) is 5.56 Å². The summed E-state index contributed by atoms with van der Waals surface area (Å²) in [4.78, 5) is 22.7. The summed E-state index contributed by atoms with van der Waals surface area (Å²) >= 11 is 0. The molecule has 0 aliphatic carbocycles. The maximum absolute atomic E-state index is 11.8. The summed E-state index contributed by atoms with van der Waals surface area (Å²) in [6, 6.07) is 12.9. The molecule has 0 heterocycles. The average Bonchev–Trinajstić information content (AvgIpc) is 2.45. The van der Waals surface area contributed by atoms with Crippen LogP contribution in [0, 0.1) is 0 Å². The highest BCUT2D eigenvalue weighted by molar-refractivity contribution is 5.87. The molecule has 0 aliphatic heterocycles. The van der Waals surface area contributed by atoms with Crippen molar-refractivity contribution in [2.45, 2.75) is 13.0 Å². The first-order chi connectivity index (χ1) is 10.0. The van der Waals surface area contributed by atoms with Crippen LogP contribution in [0.15, 0.2) is 48.5 Å². The fraction of sp³-hybridized carbons (Fsp3) is 0.125. The minimum Gasteiger partial charge on any atom is -0.508 e. The minimum atomic E-state index is -0.997. The molecule has 2 rings (SSSR count). The Morgan fingerprint density at radius 3 is 2.43 bits per heavy atom. The molecular weight excluding hydrogens is 270 g/mol. The standard InChI is InChI=1S/C16H15NO4/c18-14-6-2-3-11(8-14)9-15(19)17-10-12-4-1-5-13(7-12)16(20)21/h1-8,18H,9-10H2,(H,17,19)(H,20,21). The van der Waals surface area contributed by atoms with Crippen molar-refractivity contribution in [3.8, 4) is 5.75 Å².